The Morgan fingerprint density at radius 1 is 1.42 bits per heavy atom. The molecule has 1 fully saturated rings. The molecule has 1 unspecified atom stereocenters. The molecule has 0 amide bonds. The topological polar surface area (TPSA) is 51.2 Å². The number of carbonyl (C=O) groups is 1. The third-order valence-corrected chi connectivity index (χ3v) is 3.47. The van der Waals surface area contributed by atoms with Gasteiger partial charge in [0.05, 0.1) is 17.8 Å². The van der Waals surface area contributed by atoms with Crippen LogP contribution in [0.1, 0.15) is 50.4 Å². The first kappa shape index (κ1) is 14.0. The maximum atomic E-state index is 12.6. The van der Waals surface area contributed by atoms with Crippen molar-refractivity contribution in [3.63, 3.8) is 0 Å². The van der Waals surface area contributed by atoms with Gasteiger partial charge in [0.2, 0.25) is 0 Å². The second-order valence-electron chi connectivity index (χ2n) is 5.62. The Labute approximate surface area is 114 Å². The summed E-state index contributed by atoms with van der Waals surface area (Å²) in [6.45, 7) is 6.79. The van der Waals surface area contributed by atoms with Gasteiger partial charge in [0, 0.05) is 11.8 Å². The highest BCUT2D eigenvalue weighted by Gasteiger charge is 2.35. The lowest BCUT2D eigenvalue weighted by molar-refractivity contribution is 0.0833. The molecule has 19 heavy (non-hydrogen) atoms. The Morgan fingerprint density at radius 2 is 2.21 bits per heavy atom. The first-order valence-corrected chi connectivity index (χ1v) is 6.93. The van der Waals surface area contributed by atoms with E-state index < -0.39 is 5.54 Å². The normalized spacial score (nSPS) is 23.4. The average molecular weight is 262 g/mol. The summed E-state index contributed by atoms with van der Waals surface area (Å²) in [5.74, 6) is 0.758. The van der Waals surface area contributed by atoms with E-state index in [2.05, 4.69) is 10.3 Å². The molecule has 1 aliphatic heterocycles. The fourth-order valence-electron chi connectivity index (χ4n) is 2.45. The Morgan fingerprint density at radius 3 is 2.84 bits per heavy atom. The Kier molecular flexibility index (Phi) is 4.20. The van der Waals surface area contributed by atoms with E-state index in [4.69, 9.17) is 4.74 Å². The van der Waals surface area contributed by atoms with Crippen LogP contribution in [0.5, 0.6) is 5.75 Å². The van der Waals surface area contributed by atoms with Crippen molar-refractivity contribution in [1.82, 2.24) is 10.3 Å². The molecule has 2 heterocycles. The van der Waals surface area contributed by atoms with Crippen LogP contribution in [-0.4, -0.2) is 29.0 Å². The van der Waals surface area contributed by atoms with Crippen LogP contribution in [0.25, 0.3) is 0 Å². The summed E-state index contributed by atoms with van der Waals surface area (Å²) in [7, 11) is 0. The predicted molar refractivity (Wildman–Crippen MR) is 74.6 cm³/mol. The number of aromatic nitrogens is 1. The molecular formula is C15H22N2O2. The average Bonchev–Trinajstić information content (AvgIpc) is 2.38. The zero-order valence-corrected chi connectivity index (χ0v) is 11.9. The van der Waals surface area contributed by atoms with Gasteiger partial charge in [0.1, 0.15) is 5.75 Å². The van der Waals surface area contributed by atoms with Crippen LogP contribution in [0.15, 0.2) is 18.5 Å². The maximum Gasteiger partial charge on any atom is 0.184 e. The van der Waals surface area contributed by atoms with E-state index in [9.17, 15) is 4.79 Å². The Bertz CT molecular complexity index is 451. The fourth-order valence-corrected chi connectivity index (χ4v) is 2.45. The van der Waals surface area contributed by atoms with E-state index >= 15 is 0 Å². The van der Waals surface area contributed by atoms with Crippen molar-refractivity contribution in [3.8, 4) is 5.75 Å². The van der Waals surface area contributed by atoms with Gasteiger partial charge in [-0.05, 0) is 52.6 Å². The molecule has 1 atom stereocenters. The van der Waals surface area contributed by atoms with E-state index in [1.54, 1.807) is 18.5 Å². The number of ketones is 1. The van der Waals surface area contributed by atoms with Gasteiger partial charge in [0.25, 0.3) is 0 Å². The van der Waals surface area contributed by atoms with Crippen molar-refractivity contribution < 1.29 is 9.53 Å². The van der Waals surface area contributed by atoms with Crippen molar-refractivity contribution in [2.45, 2.75) is 51.7 Å². The molecule has 0 spiro atoms. The third kappa shape index (κ3) is 3.32. The molecule has 0 saturated carbocycles. The molecule has 0 aliphatic carbocycles. The monoisotopic (exact) mass is 262 g/mol. The van der Waals surface area contributed by atoms with Gasteiger partial charge < -0.3 is 10.1 Å². The highest BCUT2D eigenvalue weighted by atomic mass is 16.5. The predicted octanol–water partition coefficient (Wildman–Crippen LogP) is 2.58. The first-order valence-electron chi connectivity index (χ1n) is 6.93. The summed E-state index contributed by atoms with van der Waals surface area (Å²) in [6.07, 6.45) is 6.45. The van der Waals surface area contributed by atoms with E-state index in [0.29, 0.717) is 11.3 Å². The van der Waals surface area contributed by atoms with Gasteiger partial charge in [-0.3, -0.25) is 9.78 Å². The summed E-state index contributed by atoms with van der Waals surface area (Å²) >= 11 is 0. The summed E-state index contributed by atoms with van der Waals surface area (Å²) < 4.78 is 5.59. The standard InChI is InChI=1S/C15H22N2O2/c1-11(2)19-13-8-12(9-16-10-13)14(18)15(3)6-4-5-7-17-15/h8-11,17H,4-7H2,1-3H3. The van der Waals surface area contributed by atoms with Crippen molar-refractivity contribution in [3.05, 3.63) is 24.0 Å². The molecule has 1 N–H and O–H groups in total. The van der Waals surface area contributed by atoms with Crippen LogP contribution >= 0.6 is 0 Å². The van der Waals surface area contributed by atoms with Crippen LogP contribution in [0, 0.1) is 0 Å². The first-order chi connectivity index (χ1) is 9.01. The van der Waals surface area contributed by atoms with Crippen molar-refractivity contribution >= 4 is 5.78 Å². The number of Topliss-reactive ketones (excluding diaryl/α,β-unsaturated/α-hetero) is 1. The molecule has 1 aliphatic rings. The molecule has 2 rings (SSSR count). The summed E-state index contributed by atoms with van der Waals surface area (Å²) in [5.41, 5.74) is 0.158. The zero-order chi connectivity index (χ0) is 13.9. The van der Waals surface area contributed by atoms with Gasteiger partial charge in [-0.15, -0.1) is 0 Å². The largest absolute Gasteiger partial charge is 0.489 e. The molecule has 0 aromatic carbocycles. The van der Waals surface area contributed by atoms with Gasteiger partial charge >= 0.3 is 0 Å². The van der Waals surface area contributed by atoms with Gasteiger partial charge in [-0.2, -0.15) is 0 Å². The van der Waals surface area contributed by atoms with E-state index in [-0.39, 0.29) is 11.9 Å². The quantitative estimate of drug-likeness (QED) is 0.847. The van der Waals surface area contributed by atoms with Gasteiger partial charge in [0.15, 0.2) is 5.78 Å². The molecular weight excluding hydrogens is 240 g/mol. The maximum absolute atomic E-state index is 12.6. The molecule has 1 aromatic rings. The molecule has 104 valence electrons. The second kappa shape index (κ2) is 5.70. The highest BCUT2D eigenvalue weighted by molar-refractivity contribution is 6.03. The lowest BCUT2D eigenvalue weighted by Crippen LogP contribution is -2.52. The van der Waals surface area contributed by atoms with E-state index in [1.807, 2.05) is 20.8 Å². The van der Waals surface area contributed by atoms with Crippen molar-refractivity contribution in [2.75, 3.05) is 6.54 Å². The molecule has 1 aromatic heterocycles. The summed E-state index contributed by atoms with van der Waals surface area (Å²) in [4.78, 5) is 16.7. The van der Waals surface area contributed by atoms with E-state index in [1.165, 1.54) is 0 Å². The van der Waals surface area contributed by atoms with Crippen LogP contribution in [0.4, 0.5) is 0 Å². The highest BCUT2D eigenvalue weighted by Crippen LogP contribution is 2.24. The SMILES string of the molecule is CC(C)Oc1cncc(C(=O)C2(C)CCCCN2)c1. The van der Waals surface area contributed by atoms with Gasteiger partial charge in [-0.1, -0.05) is 0 Å². The fraction of sp³-hybridized carbons (Fsp3) is 0.600. The number of piperidine rings is 1. The lowest BCUT2D eigenvalue weighted by Gasteiger charge is -2.33. The van der Waals surface area contributed by atoms with E-state index in [0.717, 1.165) is 25.8 Å². The number of rotatable bonds is 4. The number of pyridine rings is 1. The van der Waals surface area contributed by atoms with Crippen LogP contribution in [0.2, 0.25) is 0 Å². The minimum atomic E-state index is -0.462. The van der Waals surface area contributed by atoms with Crippen LogP contribution in [-0.2, 0) is 0 Å². The number of nitrogens with one attached hydrogen (secondary N) is 1. The number of hydrogen-bond donors (Lipinski definition) is 1. The molecule has 1 saturated heterocycles. The van der Waals surface area contributed by atoms with Crippen LogP contribution in [0.3, 0.4) is 0 Å². The summed E-state index contributed by atoms with van der Waals surface area (Å²) in [6, 6.07) is 1.79. The minimum Gasteiger partial charge on any atom is -0.489 e. The Balaban J connectivity index is 2.18. The minimum absolute atomic E-state index is 0.0792. The van der Waals surface area contributed by atoms with Crippen molar-refractivity contribution in [1.29, 1.82) is 0 Å². The number of nitrogens with zero attached hydrogens (tertiary/aromatic N) is 1. The Hall–Kier alpha value is -1.42. The molecule has 0 radical (unpaired) electrons. The molecule has 0 bridgehead atoms. The number of hydrogen-bond acceptors (Lipinski definition) is 4. The van der Waals surface area contributed by atoms with Gasteiger partial charge in [-0.25, -0.2) is 0 Å². The smallest absolute Gasteiger partial charge is 0.184 e. The number of ether oxygens (including phenoxy) is 1. The summed E-state index contributed by atoms with van der Waals surface area (Å²) in [5, 5.41) is 3.34. The third-order valence-electron chi connectivity index (χ3n) is 3.47. The second-order valence-corrected chi connectivity index (χ2v) is 5.62. The molecule has 4 nitrogen and oxygen atoms in total. The zero-order valence-electron chi connectivity index (χ0n) is 11.9. The molecule has 4 heteroatoms. The van der Waals surface area contributed by atoms with Crippen LogP contribution < -0.4 is 10.1 Å². The van der Waals surface area contributed by atoms with Crippen molar-refractivity contribution in [2.24, 2.45) is 0 Å². The number of carbonyl (C=O) groups excluding carboxylic acids is 1. The lowest BCUT2D eigenvalue weighted by atomic mass is 9.84.